The highest BCUT2D eigenvalue weighted by molar-refractivity contribution is 7.31. The Morgan fingerprint density at radius 3 is 1.50 bits per heavy atom. The Morgan fingerprint density at radius 2 is 1.21 bits per heavy atom. The van der Waals surface area contributed by atoms with Crippen molar-refractivity contribution in [3.63, 3.8) is 0 Å². The quantitative estimate of drug-likeness (QED) is 0.491. The molecule has 1 rings (SSSR count). The van der Waals surface area contributed by atoms with Crippen LogP contribution in [-0.2, 0) is 0 Å². The summed E-state index contributed by atoms with van der Waals surface area (Å²) in [6, 6.07) is 0. The van der Waals surface area contributed by atoms with Crippen LogP contribution in [0, 0.1) is 0 Å². The minimum absolute atomic E-state index is 1.09. The first kappa shape index (κ1) is 13.2. The molecule has 1 saturated heterocycles. The van der Waals surface area contributed by atoms with Crippen LogP contribution in [0.2, 0.25) is 19.6 Å². The molecule has 14 heavy (non-hydrogen) atoms. The molecule has 0 N–H and O–H groups in total. The van der Waals surface area contributed by atoms with Gasteiger partial charge < -0.3 is 12.7 Å². The highest BCUT2D eigenvalue weighted by Crippen LogP contribution is 2.34. The van der Waals surface area contributed by atoms with Crippen molar-refractivity contribution in [2.45, 2.75) is 19.6 Å². The molecule has 0 aromatic rings. The first-order chi connectivity index (χ1) is 6.13. The average Bonchev–Trinajstić information content (AvgIpc) is 2.11. The maximum absolute atomic E-state index is 6.67. The fourth-order valence-electron chi connectivity index (χ4n) is 1.79. The van der Waals surface area contributed by atoms with E-state index in [4.69, 9.17) is 22.2 Å². The van der Waals surface area contributed by atoms with Crippen LogP contribution in [0.5, 0.6) is 0 Å². The summed E-state index contributed by atoms with van der Waals surface area (Å²) in [5, 5.41) is 0. The van der Waals surface area contributed by atoms with E-state index < -0.39 is 24.5 Å². The number of hydrogen-bond acceptors (Lipinski definition) is 3. The minimum Gasteiger partial charge on any atom is -0.315 e. The zero-order chi connectivity index (χ0) is 11.3. The highest BCUT2D eigenvalue weighted by Gasteiger charge is 2.56. The second-order valence-electron chi connectivity index (χ2n) is 4.22. The van der Waals surface area contributed by atoms with Crippen molar-refractivity contribution in [2.24, 2.45) is 0 Å². The fraction of sp³-hybridized carbons (Fsp3) is 1.00. The molecule has 1 heterocycles. The lowest BCUT2D eigenvalue weighted by Gasteiger charge is -2.57. The summed E-state index contributed by atoms with van der Waals surface area (Å²) >= 11 is 13.3. The van der Waals surface area contributed by atoms with Crippen LogP contribution in [0.3, 0.4) is 0 Å². The van der Waals surface area contributed by atoms with Gasteiger partial charge in [-0.2, -0.15) is 0 Å². The third-order valence-electron chi connectivity index (χ3n) is 3.63. The number of rotatable bonds is 0. The Balaban J connectivity index is 3.09. The maximum atomic E-state index is 6.67. The van der Waals surface area contributed by atoms with Gasteiger partial charge in [0.25, 0.3) is 15.4 Å². The molecule has 8 heteroatoms. The first-order valence-corrected chi connectivity index (χ1v) is 13.7. The molecule has 84 valence electrons. The standard InChI is InChI=1S/C6H19Cl2N3Si3/c1-9-12(4)10(2)14(6,8)11(3)13(9,5)7/h12H,1-6H3. The summed E-state index contributed by atoms with van der Waals surface area (Å²) in [7, 11) is 1.38. The van der Waals surface area contributed by atoms with Gasteiger partial charge in [-0.1, -0.05) is 0 Å². The predicted molar refractivity (Wildman–Crippen MR) is 71.2 cm³/mol. The molecule has 0 aromatic heterocycles. The van der Waals surface area contributed by atoms with E-state index in [-0.39, 0.29) is 0 Å². The van der Waals surface area contributed by atoms with E-state index in [1.165, 1.54) is 0 Å². The lowest BCUT2D eigenvalue weighted by atomic mass is 11.6. The molecule has 0 saturated carbocycles. The van der Waals surface area contributed by atoms with Gasteiger partial charge in [-0.05, 0) is 40.8 Å². The van der Waals surface area contributed by atoms with Gasteiger partial charge in [0.15, 0.2) is 9.12 Å². The first-order valence-electron chi connectivity index (χ1n) is 4.71. The van der Waals surface area contributed by atoms with Gasteiger partial charge in [0.1, 0.15) is 0 Å². The molecule has 1 fully saturated rings. The topological polar surface area (TPSA) is 9.72 Å². The summed E-state index contributed by atoms with van der Waals surface area (Å²) in [5.41, 5.74) is 0. The maximum Gasteiger partial charge on any atom is 0.293 e. The zero-order valence-electron chi connectivity index (χ0n) is 9.67. The summed E-state index contributed by atoms with van der Waals surface area (Å²) in [6.45, 7) is 6.63. The van der Waals surface area contributed by atoms with Gasteiger partial charge in [0.05, 0.1) is 0 Å². The fourth-order valence-corrected chi connectivity index (χ4v) is 21.6. The van der Waals surface area contributed by atoms with Gasteiger partial charge >= 0.3 is 0 Å². The van der Waals surface area contributed by atoms with Crippen molar-refractivity contribution in [2.75, 3.05) is 21.1 Å². The second kappa shape index (κ2) is 3.85. The minimum atomic E-state index is -1.95. The molecular formula is C6H19Cl2N3Si3. The van der Waals surface area contributed by atoms with Crippen LogP contribution >= 0.6 is 22.2 Å². The van der Waals surface area contributed by atoms with Crippen LogP contribution in [0.4, 0.5) is 0 Å². The van der Waals surface area contributed by atoms with E-state index in [1.807, 2.05) is 0 Å². The Kier molecular flexibility index (Phi) is 3.62. The third kappa shape index (κ3) is 1.75. The molecule has 0 radical (unpaired) electrons. The molecule has 1 aliphatic heterocycles. The van der Waals surface area contributed by atoms with Crippen LogP contribution in [0.15, 0.2) is 0 Å². The van der Waals surface area contributed by atoms with Crippen LogP contribution < -0.4 is 0 Å². The number of hydrogen-bond donors (Lipinski definition) is 0. The second-order valence-corrected chi connectivity index (χ2v) is 19.2. The Morgan fingerprint density at radius 1 is 0.929 bits per heavy atom. The molecule has 0 aliphatic carbocycles. The SMILES string of the molecule is CN1[SiH](C)N(C)[Si](C)(Cl)N(C)[Si]1(C)Cl. The van der Waals surface area contributed by atoms with Crippen molar-refractivity contribution in [3.05, 3.63) is 0 Å². The van der Waals surface area contributed by atoms with Crippen molar-refractivity contribution in [1.29, 1.82) is 0 Å². The molecule has 2 unspecified atom stereocenters. The number of nitrogens with zero attached hydrogens (tertiary/aromatic N) is 3. The molecule has 0 amide bonds. The van der Waals surface area contributed by atoms with Gasteiger partial charge in [0, 0.05) is 0 Å². The molecule has 0 aromatic carbocycles. The van der Waals surface area contributed by atoms with Crippen molar-refractivity contribution >= 4 is 46.7 Å². The summed E-state index contributed by atoms with van der Waals surface area (Å²) in [5.74, 6) is 0. The van der Waals surface area contributed by atoms with E-state index in [0.29, 0.717) is 0 Å². The zero-order valence-corrected chi connectivity index (χ0v) is 14.3. The molecule has 0 bridgehead atoms. The molecule has 2 atom stereocenters. The predicted octanol–water partition coefficient (Wildman–Crippen LogP) is 1.26. The van der Waals surface area contributed by atoms with E-state index in [2.05, 4.69) is 53.5 Å². The smallest absolute Gasteiger partial charge is 0.293 e. The third-order valence-corrected chi connectivity index (χ3v) is 23.7. The average molecular weight is 288 g/mol. The monoisotopic (exact) mass is 287 g/mol. The van der Waals surface area contributed by atoms with E-state index in [0.717, 1.165) is 0 Å². The summed E-state index contributed by atoms with van der Waals surface area (Å²) < 4.78 is 7.05. The van der Waals surface area contributed by atoms with Gasteiger partial charge in [0.2, 0.25) is 0 Å². The summed E-state index contributed by atoms with van der Waals surface area (Å²) in [4.78, 5) is 0. The van der Waals surface area contributed by atoms with Gasteiger partial charge in [-0.15, -0.1) is 22.2 Å². The molecular weight excluding hydrogens is 269 g/mol. The largest absolute Gasteiger partial charge is 0.315 e. The molecule has 0 spiro atoms. The lowest BCUT2D eigenvalue weighted by molar-refractivity contribution is 0.528. The Hall–Kier alpha value is 1.11. The van der Waals surface area contributed by atoms with Crippen LogP contribution in [0.1, 0.15) is 0 Å². The molecule has 3 nitrogen and oxygen atoms in total. The van der Waals surface area contributed by atoms with Crippen molar-refractivity contribution in [3.8, 4) is 0 Å². The van der Waals surface area contributed by atoms with Gasteiger partial charge in [-0.3, -0.25) is 0 Å². The molecule has 1 aliphatic rings. The van der Waals surface area contributed by atoms with E-state index in [1.54, 1.807) is 0 Å². The normalized spacial score (nSPS) is 48.4. The Bertz CT molecular complexity index is 216. The lowest BCUT2D eigenvalue weighted by Crippen LogP contribution is -2.81. The van der Waals surface area contributed by atoms with E-state index >= 15 is 0 Å². The van der Waals surface area contributed by atoms with Crippen molar-refractivity contribution in [1.82, 2.24) is 12.7 Å². The van der Waals surface area contributed by atoms with Gasteiger partial charge in [-0.25, -0.2) is 0 Å². The Labute approximate surface area is 100 Å². The van der Waals surface area contributed by atoms with Crippen molar-refractivity contribution < 1.29 is 0 Å². The van der Waals surface area contributed by atoms with Crippen LogP contribution in [-0.4, -0.2) is 58.4 Å². The van der Waals surface area contributed by atoms with Crippen LogP contribution in [0.25, 0.3) is 0 Å². The summed E-state index contributed by atoms with van der Waals surface area (Å²) in [6.07, 6.45) is 0. The number of halogens is 2. The van der Waals surface area contributed by atoms with E-state index in [9.17, 15) is 0 Å². The highest BCUT2D eigenvalue weighted by atomic mass is 35.6.